The zero-order chi connectivity index (χ0) is 26.7. The summed E-state index contributed by atoms with van der Waals surface area (Å²) >= 11 is 0. The van der Waals surface area contributed by atoms with Crippen molar-refractivity contribution in [3.63, 3.8) is 0 Å². The van der Waals surface area contributed by atoms with Crippen LogP contribution in [0.4, 0.5) is 0 Å². The molecule has 1 aromatic rings. The van der Waals surface area contributed by atoms with Crippen LogP contribution >= 0.6 is 0 Å². The van der Waals surface area contributed by atoms with Crippen molar-refractivity contribution in [3.8, 4) is 0 Å². The zero-order valence-electron chi connectivity index (χ0n) is 20.2. The Hall–Kier alpha value is -3.24. The lowest BCUT2D eigenvalue weighted by Gasteiger charge is -2.05. The maximum absolute atomic E-state index is 11.8. The smallest absolute Gasteiger partial charge is 0.333 e. The molecule has 0 heterocycles. The lowest BCUT2D eigenvalue weighted by atomic mass is 10.2. The highest BCUT2D eigenvalue weighted by atomic mass is 32.2. The molecule has 34 heavy (non-hydrogen) atoms. The number of aliphatic hydroxyl groups is 1. The fourth-order valence-electron chi connectivity index (χ4n) is 1.70. The van der Waals surface area contributed by atoms with E-state index >= 15 is 0 Å². The van der Waals surface area contributed by atoms with E-state index in [1.807, 2.05) is 6.92 Å². The van der Waals surface area contributed by atoms with Gasteiger partial charge in [0.25, 0.3) is 0 Å². The van der Waals surface area contributed by atoms with Crippen molar-refractivity contribution in [1.82, 2.24) is 0 Å². The van der Waals surface area contributed by atoms with Crippen LogP contribution in [-0.4, -0.2) is 64.1 Å². The van der Waals surface area contributed by atoms with Gasteiger partial charge in [0.2, 0.25) is 0 Å². The van der Waals surface area contributed by atoms with Gasteiger partial charge in [0.1, 0.15) is 6.61 Å². The Kier molecular flexibility index (Phi) is 17.6. The summed E-state index contributed by atoms with van der Waals surface area (Å²) in [5.41, 5.74) is 1.81. The van der Waals surface area contributed by atoms with Crippen molar-refractivity contribution in [2.24, 2.45) is 0 Å². The van der Waals surface area contributed by atoms with Crippen LogP contribution in [0, 0.1) is 6.92 Å². The van der Waals surface area contributed by atoms with Crippen LogP contribution in [0.1, 0.15) is 25.8 Å². The van der Waals surface area contributed by atoms with Crippen molar-refractivity contribution >= 4 is 27.7 Å². The molecule has 9 nitrogen and oxygen atoms in total. The summed E-state index contributed by atoms with van der Waals surface area (Å²) in [7, 11) is -2.06. The number of aryl methyl sites for hydroxylation is 1. The molecule has 0 aromatic heterocycles. The SMILES string of the molecule is C=C(C)C(=O)OC.C=C(C)C(=O)OCCCO.C=CC(=O)OCCS(=O)(=O)c1ccc(C)cc1. The van der Waals surface area contributed by atoms with E-state index in [2.05, 4.69) is 33.9 Å². The predicted octanol–water partition coefficient (Wildman–Crippen LogP) is 2.72. The first-order valence-electron chi connectivity index (χ1n) is 10.1. The van der Waals surface area contributed by atoms with E-state index in [9.17, 15) is 22.8 Å². The Bertz CT molecular complexity index is 930. The number of aliphatic hydroxyl groups excluding tert-OH is 1. The van der Waals surface area contributed by atoms with Gasteiger partial charge < -0.3 is 19.3 Å². The average molecular weight is 499 g/mol. The highest BCUT2D eigenvalue weighted by Gasteiger charge is 2.14. The van der Waals surface area contributed by atoms with E-state index in [0.29, 0.717) is 17.6 Å². The van der Waals surface area contributed by atoms with Crippen LogP contribution in [-0.2, 0) is 38.4 Å². The summed E-state index contributed by atoms with van der Waals surface area (Å²) in [4.78, 5) is 31.8. The van der Waals surface area contributed by atoms with Crippen LogP contribution in [0.5, 0.6) is 0 Å². The molecule has 0 aliphatic rings. The summed E-state index contributed by atoms with van der Waals surface area (Å²) in [6, 6.07) is 6.53. The molecule has 1 N–H and O–H groups in total. The van der Waals surface area contributed by atoms with E-state index in [1.54, 1.807) is 38.1 Å². The van der Waals surface area contributed by atoms with Gasteiger partial charge >= 0.3 is 17.9 Å². The molecule has 0 fully saturated rings. The van der Waals surface area contributed by atoms with Gasteiger partial charge in [-0.2, -0.15) is 0 Å². The van der Waals surface area contributed by atoms with Crippen molar-refractivity contribution in [2.75, 3.05) is 32.7 Å². The average Bonchev–Trinajstić information content (AvgIpc) is 2.79. The van der Waals surface area contributed by atoms with Crippen molar-refractivity contribution in [2.45, 2.75) is 32.1 Å². The standard InChI is InChI=1S/C12H14O4S.C7H12O3.C5H8O2/c1-3-12(13)16-8-9-17(14,15)11-6-4-10(2)5-7-11;1-6(2)7(9)10-5-3-4-8;1-4(2)5(6)7-3/h3-7H,1,8-9H2,2H3;8H,1,3-5H2,2H3;1H2,2-3H3. The third-order valence-corrected chi connectivity index (χ3v) is 5.26. The second-order valence-corrected chi connectivity index (χ2v) is 8.88. The number of methoxy groups -OCH3 is 1. The van der Waals surface area contributed by atoms with Crippen LogP contribution in [0.2, 0.25) is 0 Å². The Labute approximate surface area is 201 Å². The van der Waals surface area contributed by atoms with Gasteiger partial charge in [-0.25, -0.2) is 22.8 Å². The fraction of sp³-hybridized carbons (Fsp3) is 0.375. The molecular formula is C24H34O9S. The van der Waals surface area contributed by atoms with E-state index in [4.69, 9.17) is 5.11 Å². The molecule has 1 aromatic carbocycles. The Morgan fingerprint density at radius 1 is 0.971 bits per heavy atom. The van der Waals surface area contributed by atoms with Gasteiger partial charge in [-0.15, -0.1) is 0 Å². The minimum absolute atomic E-state index is 0.0451. The van der Waals surface area contributed by atoms with Crippen molar-refractivity contribution < 1.29 is 42.1 Å². The molecule has 0 amide bonds. The quantitative estimate of drug-likeness (QED) is 0.224. The first-order chi connectivity index (χ1) is 15.8. The number of ether oxygens (including phenoxy) is 3. The zero-order valence-corrected chi connectivity index (χ0v) is 21.0. The molecule has 0 aliphatic heterocycles. The lowest BCUT2D eigenvalue weighted by Crippen LogP contribution is -2.14. The summed E-state index contributed by atoms with van der Waals surface area (Å²) in [6.07, 6.45) is 1.48. The highest BCUT2D eigenvalue weighted by Crippen LogP contribution is 2.12. The normalized spacial score (nSPS) is 9.68. The van der Waals surface area contributed by atoms with E-state index in [0.717, 1.165) is 11.6 Å². The molecule has 1 rings (SSSR count). The number of carbonyl (C=O) groups excluding carboxylic acids is 3. The Morgan fingerprint density at radius 2 is 1.50 bits per heavy atom. The summed E-state index contributed by atoms with van der Waals surface area (Å²) in [5.74, 6) is -1.59. The topological polar surface area (TPSA) is 133 Å². The number of carbonyl (C=O) groups is 3. The van der Waals surface area contributed by atoms with Crippen LogP contribution in [0.25, 0.3) is 0 Å². The maximum atomic E-state index is 11.8. The van der Waals surface area contributed by atoms with Crippen LogP contribution in [0.15, 0.2) is 66.1 Å². The van der Waals surface area contributed by atoms with Gasteiger partial charge in [0.05, 0.1) is 24.4 Å². The first-order valence-corrected chi connectivity index (χ1v) is 11.7. The number of benzene rings is 1. The van der Waals surface area contributed by atoms with E-state index in [-0.39, 0.29) is 36.4 Å². The van der Waals surface area contributed by atoms with Gasteiger partial charge in [-0.1, -0.05) is 37.4 Å². The summed E-state index contributed by atoms with van der Waals surface area (Å²) < 4.78 is 37.1. The first kappa shape index (κ1) is 32.9. The molecule has 0 saturated heterocycles. The summed E-state index contributed by atoms with van der Waals surface area (Å²) in [6.45, 7) is 15.2. The predicted molar refractivity (Wildman–Crippen MR) is 129 cm³/mol. The number of hydrogen-bond acceptors (Lipinski definition) is 9. The number of sulfone groups is 1. The molecule has 0 radical (unpaired) electrons. The minimum Gasteiger partial charge on any atom is -0.466 e. The minimum atomic E-state index is -3.39. The second-order valence-electron chi connectivity index (χ2n) is 6.77. The monoisotopic (exact) mass is 498 g/mol. The summed E-state index contributed by atoms with van der Waals surface area (Å²) in [5, 5.41) is 8.30. The molecule has 0 saturated carbocycles. The Morgan fingerprint density at radius 3 is 1.88 bits per heavy atom. The molecular weight excluding hydrogens is 464 g/mol. The molecule has 0 aliphatic carbocycles. The highest BCUT2D eigenvalue weighted by molar-refractivity contribution is 7.91. The fourth-order valence-corrected chi connectivity index (χ4v) is 2.79. The van der Waals surface area contributed by atoms with Crippen LogP contribution < -0.4 is 0 Å². The van der Waals surface area contributed by atoms with Gasteiger partial charge in [-0.05, 0) is 32.9 Å². The molecule has 0 unspecified atom stereocenters. The van der Waals surface area contributed by atoms with Crippen molar-refractivity contribution in [3.05, 3.63) is 66.8 Å². The third-order valence-electron chi connectivity index (χ3n) is 3.56. The van der Waals surface area contributed by atoms with Gasteiger partial charge in [-0.3, -0.25) is 0 Å². The maximum Gasteiger partial charge on any atom is 0.333 e. The lowest BCUT2D eigenvalue weighted by molar-refractivity contribution is -0.139. The van der Waals surface area contributed by atoms with Crippen LogP contribution in [0.3, 0.4) is 0 Å². The number of esters is 3. The molecule has 0 atom stereocenters. The molecule has 190 valence electrons. The molecule has 0 spiro atoms. The molecule has 10 heteroatoms. The Balaban J connectivity index is 0. The molecule has 0 bridgehead atoms. The van der Waals surface area contributed by atoms with Gasteiger partial charge in [0, 0.05) is 30.2 Å². The second kappa shape index (κ2) is 18.2. The van der Waals surface area contributed by atoms with E-state index in [1.165, 1.54) is 7.11 Å². The largest absolute Gasteiger partial charge is 0.466 e. The van der Waals surface area contributed by atoms with Gasteiger partial charge in [0.15, 0.2) is 9.84 Å². The van der Waals surface area contributed by atoms with E-state index < -0.39 is 21.8 Å². The van der Waals surface area contributed by atoms with Crippen molar-refractivity contribution in [1.29, 1.82) is 0 Å². The third kappa shape index (κ3) is 16.4. The number of rotatable bonds is 10. The number of hydrogen-bond donors (Lipinski definition) is 1.